The number of amides is 1. The maximum Gasteiger partial charge on any atom is 0.241 e. The average Bonchev–Trinajstić information content (AvgIpc) is 2.33. The number of hydrogen-bond donors (Lipinski definition) is 3. The Balaban J connectivity index is 3.09. The summed E-state index contributed by atoms with van der Waals surface area (Å²) >= 11 is 3.21. The Bertz CT molecular complexity index is 617. The Kier molecular flexibility index (Phi) is 5.55. The molecule has 4 N–H and O–H groups in total. The smallest absolute Gasteiger partial charge is 0.241 e. The van der Waals surface area contributed by atoms with Crippen molar-refractivity contribution in [3.8, 4) is 0 Å². The average molecular weight is 364 g/mol. The highest BCUT2D eigenvalue weighted by Crippen LogP contribution is 2.26. The molecule has 0 radical (unpaired) electrons. The normalized spacial score (nSPS) is 13.0. The molecule has 0 heterocycles. The van der Waals surface area contributed by atoms with Gasteiger partial charge in [0.15, 0.2) is 0 Å². The topological polar surface area (TPSA) is 101 Å². The Morgan fingerprint density at radius 2 is 2.05 bits per heavy atom. The van der Waals surface area contributed by atoms with Gasteiger partial charge in [0.1, 0.15) is 0 Å². The number of nitrogen functional groups attached to an aromatic ring is 1. The Labute approximate surface area is 127 Å². The van der Waals surface area contributed by atoms with E-state index in [1.54, 1.807) is 19.9 Å². The van der Waals surface area contributed by atoms with E-state index in [0.717, 1.165) is 0 Å². The predicted molar refractivity (Wildman–Crippen MR) is 81.8 cm³/mol. The predicted octanol–water partition coefficient (Wildman–Crippen LogP) is 1.14. The first-order chi connectivity index (χ1) is 9.19. The summed E-state index contributed by atoms with van der Waals surface area (Å²) in [4.78, 5) is 11.7. The van der Waals surface area contributed by atoms with E-state index in [9.17, 15) is 13.2 Å². The highest BCUT2D eigenvalue weighted by Gasteiger charge is 2.24. The number of carbonyl (C=O) groups excluding carboxylic acids is 1. The first kappa shape index (κ1) is 16.9. The zero-order valence-electron chi connectivity index (χ0n) is 11.5. The molecule has 8 heteroatoms. The first-order valence-electron chi connectivity index (χ1n) is 6.04. The number of anilines is 1. The van der Waals surface area contributed by atoms with Gasteiger partial charge in [-0.15, -0.1) is 0 Å². The van der Waals surface area contributed by atoms with Crippen LogP contribution in [0, 0.1) is 6.92 Å². The quantitative estimate of drug-likeness (QED) is 0.682. The SMILES string of the molecule is CCNC(=O)C(C)NS(=O)(=O)c1cc(Br)cc(N)c1C. The van der Waals surface area contributed by atoms with Gasteiger partial charge in [-0.3, -0.25) is 4.79 Å². The lowest BCUT2D eigenvalue weighted by atomic mass is 10.2. The highest BCUT2D eigenvalue weighted by molar-refractivity contribution is 9.10. The van der Waals surface area contributed by atoms with Crippen LogP contribution in [0.5, 0.6) is 0 Å². The van der Waals surface area contributed by atoms with Gasteiger partial charge < -0.3 is 11.1 Å². The van der Waals surface area contributed by atoms with Crippen LogP contribution in [0.3, 0.4) is 0 Å². The lowest BCUT2D eigenvalue weighted by Crippen LogP contribution is -2.44. The number of likely N-dealkylation sites (N-methyl/N-ethyl adjacent to an activating group) is 1. The number of nitrogens with one attached hydrogen (secondary N) is 2. The molecule has 1 unspecified atom stereocenters. The molecule has 20 heavy (non-hydrogen) atoms. The zero-order chi connectivity index (χ0) is 15.5. The van der Waals surface area contributed by atoms with E-state index >= 15 is 0 Å². The van der Waals surface area contributed by atoms with E-state index in [2.05, 4.69) is 26.0 Å². The van der Waals surface area contributed by atoms with E-state index < -0.39 is 16.1 Å². The van der Waals surface area contributed by atoms with Crippen molar-refractivity contribution in [2.45, 2.75) is 31.7 Å². The third-order valence-electron chi connectivity index (χ3n) is 2.73. The van der Waals surface area contributed by atoms with Gasteiger partial charge in [-0.25, -0.2) is 8.42 Å². The van der Waals surface area contributed by atoms with Crippen LogP contribution < -0.4 is 15.8 Å². The van der Waals surface area contributed by atoms with Gasteiger partial charge in [-0.1, -0.05) is 15.9 Å². The number of rotatable bonds is 5. The van der Waals surface area contributed by atoms with Gasteiger partial charge in [0.05, 0.1) is 10.9 Å². The lowest BCUT2D eigenvalue weighted by molar-refractivity contribution is -0.122. The lowest BCUT2D eigenvalue weighted by Gasteiger charge is -2.16. The second-order valence-corrected chi connectivity index (χ2v) is 6.95. The van der Waals surface area contributed by atoms with Crippen LogP contribution in [0.25, 0.3) is 0 Å². The fourth-order valence-electron chi connectivity index (χ4n) is 1.63. The molecular weight excluding hydrogens is 346 g/mol. The standard InChI is InChI=1S/C12H18BrN3O3S/c1-4-15-12(17)8(3)16-20(18,19)11-6-9(13)5-10(14)7(11)2/h5-6,8,16H,4,14H2,1-3H3,(H,15,17). The summed E-state index contributed by atoms with van der Waals surface area (Å²) in [7, 11) is -3.82. The molecule has 1 aromatic carbocycles. The molecule has 0 aliphatic rings. The van der Waals surface area contributed by atoms with E-state index in [-0.39, 0.29) is 10.8 Å². The van der Waals surface area contributed by atoms with Gasteiger partial charge in [0.25, 0.3) is 0 Å². The van der Waals surface area contributed by atoms with Crippen LogP contribution >= 0.6 is 15.9 Å². The molecule has 0 spiro atoms. The van der Waals surface area contributed by atoms with E-state index in [1.165, 1.54) is 13.0 Å². The molecule has 6 nitrogen and oxygen atoms in total. The van der Waals surface area contributed by atoms with E-state index in [4.69, 9.17) is 5.73 Å². The van der Waals surface area contributed by atoms with Crippen LogP contribution in [-0.2, 0) is 14.8 Å². The van der Waals surface area contributed by atoms with Crippen LogP contribution in [0.4, 0.5) is 5.69 Å². The fraction of sp³-hybridized carbons (Fsp3) is 0.417. The summed E-state index contributed by atoms with van der Waals surface area (Å²) in [5.74, 6) is -0.378. The van der Waals surface area contributed by atoms with Crippen LogP contribution in [0.1, 0.15) is 19.4 Å². The summed E-state index contributed by atoms with van der Waals surface area (Å²) < 4.78 is 27.5. The van der Waals surface area contributed by atoms with Gasteiger partial charge in [-0.2, -0.15) is 4.72 Å². The summed E-state index contributed by atoms with van der Waals surface area (Å²) in [6, 6.07) is 2.22. The molecule has 0 saturated heterocycles. The first-order valence-corrected chi connectivity index (χ1v) is 8.32. The number of carbonyl (C=O) groups is 1. The molecule has 0 aliphatic carbocycles. The van der Waals surface area contributed by atoms with Crippen molar-refractivity contribution in [3.63, 3.8) is 0 Å². The number of benzene rings is 1. The summed E-state index contributed by atoms with van der Waals surface area (Å²) in [6.45, 7) is 5.30. The molecule has 1 atom stereocenters. The number of sulfonamides is 1. The minimum atomic E-state index is -3.82. The minimum Gasteiger partial charge on any atom is -0.398 e. The minimum absolute atomic E-state index is 0.0560. The van der Waals surface area contributed by atoms with Crippen LogP contribution in [0.2, 0.25) is 0 Å². The van der Waals surface area contributed by atoms with Gasteiger partial charge in [-0.05, 0) is 38.5 Å². The van der Waals surface area contributed by atoms with Crippen molar-refractivity contribution in [1.82, 2.24) is 10.0 Å². The van der Waals surface area contributed by atoms with Gasteiger partial charge in [0, 0.05) is 16.7 Å². The molecule has 0 aliphatic heterocycles. The molecule has 112 valence electrons. The zero-order valence-corrected chi connectivity index (χ0v) is 13.9. The van der Waals surface area contributed by atoms with Gasteiger partial charge >= 0.3 is 0 Å². The molecular formula is C12H18BrN3O3S. The van der Waals surface area contributed by atoms with Crippen molar-refractivity contribution in [2.24, 2.45) is 0 Å². The van der Waals surface area contributed by atoms with Crippen molar-refractivity contribution >= 4 is 37.5 Å². The third-order valence-corrected chi connectivity index (χ3v) is 4.86. The van der Waals surface area contributed by atoms with Crippen molar-refractivity contribution in [3.05, 3.63) is 22.2 Å². The molecule has 0 aromatic heterocycles. The van der Waals surface area contributed by atoms with Crippen molar-refractivity contribution in [1.29, 1.82) is 0 Å². The maximum atomic E-state index is 12.3. The van der Waals surface area contributed by atoms with Crippen molar-refractivity contribution in [2.75, 3.05) is 12.3 Å². The second kappa shape index (κ2) is 6.55. The largest absolute Gasteiger partial charge is 0.398 e. The Morgan fingerprint density at radius 1 is 1.45 bits per heavy atom. The number of nitrogens with two attached hydrogens (primary N) is 1. The maximum absolute atomic E-state index is 12.3. The second-order valence-electron chi connectivity index (χ2n) is 4.36. The molecule has 0 saturated carbocycles. The molecule has 0 fully saturated rings. The molecule has 0 bridgehead atoms. The van der Waals surface area contributed by atoms with Crippen molar-refractivity contribution < 1.29 is 13.2 Å². The highest BCUT2D eigenvalue weighted by atomic mass is 79.9. The van der Waals surface area contributed by atoms with Gasteiger partial charge in [0.2, 0.25) is 15.9 Å². The fourth-order valence-corrected chi connectivity index (χ4v) is 3.76. The molecule has 1 aromatic rings. The van der Waals surface area contributed by atoms with Crippen LogP contribution in [0.15, 0.2) is 21.5 Å². The Morgan fingerprint density at radius 3 is 2.60 bits per heavy atom. The van der Waals surface area contributed by atoms with E-state index in [0.29, 0.717) is 22.3 Å². The summed E-state index contributed by atoms with van der Waals surface area (Å²) in [5, 5.41) is 2.56. The summed E-state index contributed by atoms with van der Waals surface area (Å²) in [5.41, 5.74) is 6.57. The number of hydrogen-bond acceptors (Lipinski definition) is 4. The van der Waals surface area contributed by atoms with Crippen LogP contribution in [-0.4, -0.2) is 26.9 Å². The monoisotopic (exact) mass is 363 g/mol. The Hall–Kier alpha value is -1.12. The molecule has 1 amide bonds. The van der Waals surface area contributed by atoms with E-state index in [1.807, 2.05) is 0 Å². The summed E-state index contributed by atoms with van der Waals surface area (Å²) in [6.07, 6.45) is 0. The number of halogens is 1. The molecule has 1 rings (SSSR count). The third kappa shape index (κ3) is 3.94.